The van der Waals surface area contributed by atoms with Crippen LogP contribution < -0.4 is 9.47 Å². The number of benzene rings is 1. The fourth-order valence-electron chi connectivity index (χ4n) is 1.79. The highest BCUT2D eigenvalue weighted by atomic mass is 16.6. The average Bonchev–Trinajstić information content (AvgIpc) is 2.28. The van der Waals surface area contributed by atoms with Crippen LogP contribution in [-0.2, 0) is 11.2 Å². The van der Waals surface area contributed by atoms with Gasteiger partial charge in [-0.15, -0.1) is 0 Å². The minimum atomic E-state index is 0.528. The minimum absolute atomic E-state index is 0.528. The molecule has 0 aliphatic carbocycles. The van der Waals surface area contributed by atoms with Gasteiger partial charge in [-0.2, -0.15) is 0 Å². The number of fused-ring (bicyclic) bond motifs is 1. The molecule has 0 saturated heterocycles. The van der Waals surface area contributed by atoms with Gasteiger partial charge < -0.3 is 14.3 Å². The van der Waals surface area contributed by atoms with E-state index in [1.54, 1.807) is 0 Å². The van der Waals surface area contributed by atoms with Gasteiger partial charge in [0.05, 0.1) is 0 Å². The molecule has 1 aliphatic heterocycles. The molecule has 3 nitrogen and oxygen atoms in total. The molecule has 1 aromatic carbocycles. The van der Waals surface area contributed by atoms with Gasteiger partial charge in [-0.05, 0) is 25.0 Å². The number of hydrogen-bond acceptors (Lipinski definition) is 3. The number of carbonyl (C=O) groups is 1. The second kappa shape index (κ2) is 4.34. The minimum Gasteiger partial charge on any atom is -0.486 e. The molecule has 1 aromatic rings. The van der Waals surface area contributed by atoms with Crippen LogP contribution in [-0.4, -0.2) is 19.5 Å². The Morgan fingerprint density at radius 1 is 1.33 bits per heavy atom. The summed E-state index contributed by atoms with van der Waals surface area (Å²) in [6, 6.07) is 3.93. The summed E-state index contributed by atoms with van der Waals surface area (Å²) in [5, 5.41) is 0. The molecule has 3 heteroatoms. The molecular weight excluding hydrogens is 192 g/mol. The van der Waals surface area contributed by atoms with Crippen LogP contribution in [0.2, 0.25) is 0 Å². The lowest BCUT2D eigenvalue weighted by atomic mass is 10.0. The van der Waals surface area contributed by atoms with Gasteiger partial charge in [0.15, 0.2) is 11.5 Å². The first kappa shape index (κ1) is 10.0. The zero-order valence-corrected chi connectivity index (χ0v) is 8.79. The van der Waals surface area contributed by atoms with Crippen molar-refractivity contribution in [3.63, 3.8) is 0 Å². The lowest BCUT2D eigenvalue weighted by molar-refractivity contribution is -0.107. The van der Waals surface area contributed by atoms with E-state index in [0.717, 1.165) is 35.3 Å². The van der Waals surface area contributed by atoms with Crippen molar-refractivity contribution in [1.82, 2.24) is 0 Å². The zero-order chi connectivity index (χ0) is 10.7. The van der Waals surface area contributed by atoms with Crippen molar-refractivity contribution < 1.29 is 14.3 Å². The van der Waals surface area contributed by atoms with Crippen LogP contribution in [0.1, 0.15) is 17.5 Å². The van der Waals surface area contributed by atoms with Gasteiger partial charge in [-0.25, -0.2) is 0 Å². The molecule has 0 unspecified atom stereocenters. The van der Waals surface area contributed by atoms with E-state index in [9.17, 15) is 4.79 Å². The quantitative estimate of drug-likeness (QED) is 0.708. The molecule has 0 amide bonds. The Morgan fingerprint density at radius 3 is 2.93 bits per heavy atom. The van der Waals surface area contributed by atoms with Crippen LogP contribution in [0, 0.1) is 6.92 Å². The maximum atomic E-state index is 10.4. The fraction of sp³-hybridized carbons (Fsp3) is 0.417. The van der Waals surface area contributed by atoms with Crippen molar-refractivity contribution in [2.75, 3.05) is 13.2 Å². The molecule has 2 rings (SSSR count). The van der Waals surface area contributed by atoms with Crippen molar-refractivity contribution in [3.05, 3.63) is 23.3 Å². The molecule has 0 N–H and O–H groups in total. The summed E-state index contributed by atoms with van der Waals surface area (Å²) < 4.78 is 11.1. The van der Waals surface area contributed by atoms with Crippen LogP contribution in [0.5, 0.6) is 11.5 Å². The molecule has 1 heterocycles. The van der Waals surface area contributed by atoms with E-state index in [4.69, 9.17) is 9.47 Å². The SMILES string of the molecule is Cc1ccc2c(c1CCC=O)OCCO2. The van der Waals surface area contributed by atoms with Crippen LogP contribution >= 0.6 is 0 Å². The van der Waals surface area contributed by atoms with Gasteiger partial charge in [0.2, 0.25) is 0 Å². The van der Waals surface area contributed by atoms with Gasteiger partial charge in [0.25, 0.3) is 0 Å². The Labute approximate surface area is 89.0 Å². The van der Waals surface area contributed by atoms with E-state index < -0.39 is 0 Å². The molecule has 1 aliphatic rings. The highest BCUT2D eigenvalue weighted by Crippen LogP contribution is 2.36. The third-order valence-electron chi connectivity index (χ3n) is 2.56. The van der Waals surface area contributed by atoms with E-state index in [2.05, 4.69) is 0 Å². The fourth-order valence-corrected chi connectivity index (χ4v) is 1.79. The molecule has 0 fully saturated rings. The van der Waals surface area contributed by atoms with Crippen molar-refractivity contribution in [1.29, 1.82) is 0 Å². The summed E-state index contributed by atoms with van der Waals surface area (Å²) in [6.45, 7) is 3.21. The number of ether oxygens (including phenoxy) is 2. The summed E-state index contributed by atoms with van der Waals surface area (Å²) >= 11 is 0. The first-order valence-electron chi connectivity index (χ1n) is 5.14. The second-order valence-corrected chi connectivity index (χ2v) is 3.59. The summed E-state index contributed by atoms with van der Waals surface area (Å²) in [4.78, 5) is 10.4. The highest BCUT2D eigenvalue weighted by Gasteiger charge is 2.17. The molecule has 0 atom stereocenters. The predicted octanol–water partition coefficient (Wildman–Crippen LogP) is 1.90. The molecule has 0 bridgehead atoms. The molecule has 15 heavy (non-hydrogen) atoms. The van der Waals surface area contributed by atoms with Crippen molar-refractivity contribution in [2.24, 2.45) is 0 Å². The number of hydrogen-bond donors (Lipinski definition) is 0. The first-order chi connectivity index (χ1) is 7.33. The van der Waals surface area contributed by atoms with E-state index in [1.807, 2.05) is 19.1 Å². The average molecular weight is 206 g/mol. The van der Waals surface area contributed by atoms with Crippen molar-refractivity contribution >= 4 is 6.29 Å². The highest BCUT2D eigenvalue weighted by molar-refractivity contribution is 5.55. The van der Waals surface area contributed by atoms with Crippen LogP contribution in [0.3, 0.4) is 0 Å². The molecular formula is C12H14O3. The Hall–Kier alpha value is -1.51. The van der Waals surface area contributed by atoms with Gasteiger partial charge in [-0.1, -0.05) is 6.07 Å². The molecule has 0 radical (unpaired) electrons. The molecule has 0 saturated carbocycles. The molecule has 80 valence electrons. The Morgan fingerprint density at radius 2 is 2.13 bits per heavy atom. The molecule has 0 aromatic heterocycles. The predicted molar refractivity (Wildman–Crippen MR) is 56.6 cm³/mol. The summed E-state index contributed by atoms with van der Waals surface area (Å²) in [5.41, 5.74) is 2.25. The Bertz CT molecular complexity index is 371. The number of rotatable bonds is 3. The monoisotopic (exact) mass is 206 g/mol. The van der Waals surface area contributed by atoms with Gasteiger partial charge in [0.1, 0.15) is 19.5 Å². The smallest absolute Gasteiger partial charge is 0.164 e. The van der Waals surface area contributed by atoms with E-state index >= 15 is 0 Å². The third-order valence-corrected chi connectivity index (χ3v) is 2.56. The van der Waals surface area contributed by atoms with Crippen LogP contribution in [0.25, 0.3) is 0 Å². The summed E-state index contributed by atoms with van der Waals surface area (Å²) in [5.74, 6) is 1.62. The number of aryl methyl sites for hydroxylation is 1. The maximum absolute atomic E-state index is 10.4. The summed E-state index contributed by atoms with van der Waals surface area (Å²) in [7, 11) is 0. The third kappa shape index (κ3) is 1.96. The standard InChI is InChI=1S/C12H14O3/c1-9-4-5-11-12(15-8-7-14-11)10(9)3-2-6-13/h4-6H,2-3,7-8H2,1H3. The first-order valence-corrected chi connectivity index (χ1v) is 5.14. The second-order valence-electron chi connectivity index (χ2n) is 3.59. The number of aldehydes is 1. The Kier molecular flexibility index (Phi) is 2.90. The number of carbonyl (C=O) groups excluding carboxylic acids is 1. The Balaban J connectivity index is 2.36. The van der Waals surface area contributed by atoms with Crippen LogP contribution in [0.15, 0.2) is 12.1 Å². The largest absolute Gasteiger partial charge is 0.486 e. The lowest BCUT2D eigenvalue weighted by Gasteiger charge is -2.22. The summed E-state index contributed by atoms with van der Waals surface area (Å²) in [6.07, 6.45) is 2.19. The van der Waals surface area contributed by atoms with Crippen LogP contribution in [0.4, 0.5) is 0 Å². The van der Waals surface area contributed by atoms with E-state index in [1.165, 1.54) is 0 Å². The van der Waals surface area contributed by atoms with Crippen molar-refractivity contribution in [2.45, 2.75) is 19.8 Å². The molecule has 0 spiro atoms. The van der Waals surface area contributed by atoms with Gasteiger partial charge >= 0.3 is 0 Å². The maximum Gasteiger partial charge on any atom is 0.164 e. The van der Waals surface area contributed by atoms with Crippen molar-refractivity contribution in [3.8, 4) is 11.5 Å². The van der Waals surface area contributed by atoms with E-state index in [0.29, 0.717) is 19.6 Å². The van der Waals surface area contributed by atoms with Gasteiger partial charge in [0, 0.05) is 12.0 Å². The normalized spacial score (nSPS) is 13.7. The van der Waals surface area contributed by atoms with E-state index in [-0.39, 0.29) is 0 Å². The zero-order valence-electron chi connectivity index (χ0n) is 8.79. The topological polar surface area (TPSA) is 35.5 Å². The lowest BCUT2D eigenvalue weighted by Crippen LogP contribution is -2.17. The van der Waals surface area contributed by atoms with Gasteiger partial charge in [-0.3, -0.25) is 0 Å².